The number of carbonyl (C=O) groups excluding carboxylic acids is 1. The molecular weight excluding hydrogens is 454 g/mol. The van der Waals surface area contributed by atoms with E-state index in [1.165, 1.54) is 0 Å². The minimum atomic E-state index is -0.591. The van der Waals surface area contributed by atoms with Crippen LogP contribution in [-0.4, -0.2) is 30.6 Å². The summed E-state index contributed by atoms with van der Waals surface area (Å²) in [4.78, 5) is 29.2. The molecule has 6 heteroatoms. The standard InChI is InChI=1S/C30H29NO5/c1-4-34-24-14-12-21(18-25(24)35-5-2)27-26-28(32)22-17-19(3)11-13-23(22)36-29(26)30(33)31(27)16-15-20-9-7-6-8-10-20/h6-14,17-18,27H,4-5,15-16H2,1-3H3. The molecule has 1 aliphatic heterocycles. The van der Waals surface area contributed by atoms with Gasteiger partial charge in [0.15, 0.2) is 16.9 Å². The number of amides is 1. The summed E-state index contributed by atoms with van der Waals surface area (Å²) in [6.45, 7) is 7.16. The van der Waals surface area contributed by atoms with Gasteiger partial charge in [0.05, 0.1) is 30.2 Å². The van der Waals surface area contributed by atoms with Gasteiger partial charge in [0.25, 0.3) is 5.91 Å². The number of hydrogen-bond donors (Lipinski definition) is 0. The predicted octanol–water partition coefficient (Wildman–Crippen LogP) is 5.69. The number of nitrogens with zero attached hydrogens (tertiary/aromatic N) is 1. The van der Waals surface area contributed by atoms with Crippen molar-refractivity contribution in [3.63, 3.8) is 0 Å². The SMILES string of the molecule is CCOc1ccc(C2c3c(oc4ccc(C)cc4c3=O)C(=O)N2CCc2ccccc2)cc1OCC. The second-order valence-electron chi connectivity index (χ2n) is 8.88. The topological polar surface area (TPSA) is 69.0 Å². The number of rotatable bonds is 8. The van der Waals surface area contributed by atoms with E-state index in [9.17, 15) is 9.59 Å². The van der Waals surface area contributed by atoms with Gasteiger partial charge in [-0.2, -0.15) is 0 Å². The van der Waals surface area contributed by atoms with E-state index in [0.29, 0.717) is 54.2 Å². The Bertz CT molecular complexity index is 1470. The van der Waals surface area contributed by atoms with Crippen LogP contribution in [0.4, 0.5) is 0 Å². The minimum Gasteiger partial charge on any atom is -0.490 e. The monoisotopic (exact) mass is 483 g/mol. The third kappa shape index (κ3) is 4.24. The van der Waals surface area contributed by atoms with Crippen LogP contribution in [0.25, 0.3) is 11.0 Å². The Morgan fingerprint density at radius 3 is 2.39 bits per heavy atom. The highest BCUT2D eigenvalue weighted by atomic mass is 16.5. The number of hydrogen-bond acceptors (Lipinski definition) is 5. The van der Waals surface area contributed by atoms with E-state index in [1.54, 1.807) is 11.0 Å². The molecule has 4 aromatic rings. The smallest absolute Gasteiger partial charge is 0.290 e. The second-order valence-corrected chi connectivity index (χ2v) is 8.88. The first kappa shape index (κ1) is 23.7. The van der Waals surface area contributed by atoms with E-state index in [2.05, 4.69) is 0 Å². The maximum Gasteiger partial charge on any atom is 0.290 e. The first-order chi connectivity index (χ1) is 17.5. The third-order valence-corrected chi connectivity index (χ3v) is 6.49. The quantitative estimate of drug-likeness (QED) is 0.322. The maximum atomic E-state index is 13.8. The molecule has 2 heterocycles. The van der Waals surface area contributed by atoms with Crippen molar-refractivity contribution in [2.45, 2.75) is 33.2 Å². The zero-order valence-corrected chi connectivity index (χ0v) is 20.7. The Morgan fingerprint density at radius 2 is 1.64 bits per heavy atom. The normalized spacial score (nSPS) is 14.8. The first-order valence-electron chi connectivity index (χ1n) is 12.3. The molecule has 0 aliphatic carbocycles. The molecule has 3 aromatic carbocycles. The van der Waals surface area contributed by atoms with Gasteiger partial charge in [0, 0.05) is 6.54 Å². The van der Waals surface area contributed by atoms with Crippen LogP contribution in [0.5, 0.6) is 11.5 Å². The van der Waals surface area contributed by atoms with Crippen molar-refractivity contribution in [1.82, 2.24) is 4.90 Å². The summed E-state index contributed by atoms with van der Waals surface area (Å²) in [6.07, 6.45) is 0.652. The second kappa shape index (κ2) is 9.90. The molecule has 184 valence electrons. The van der Waals surface area contributed by atoms with Gasteiger partial charge in [-0.1, -0.05) is 48.0 Å². The van der Waals surface area contributed by atoms with Gasteiger partial charge in [-0.05, 0) is 62.6 Å². The number of benzene rings is 3. The molecule has 1 aromatic heterocycles. The molecule has 36 heavy (non-hydrogen) atoms. The molecule has 5 rings (SSSR count). The lowest BCUT2D eigenvalue weighted by Gasteiger charge is -2.26. The summed E-state index contributed by atoms with van der Waals surface area (Å²) in [5, 5.41) is 0.479. The predicted molar refractivity (Wildman–Crippen MR) is 139 cm³/mol. The van der Waals surface area contributed by atoms with Crippen LogP contribution in [0, 0.1) is 6.92 Å². The van der Waals surface area contributed by atoms with E-state index in [0.717, 1.165) is 16.7 Å². The molecule has 1 amide bonds. The van der Waals surface area contributed by atoms with Gasteiger partial charge in [-0.3, -0.25) is 9.59 Å². The van der Waals surface area contributed by atoms with E-state index in [1.807, 2.05) is 81.4 Å². The minimum absolute atomic E-state index is 0.112. The Balaban J connectivity index is 1.66. The molecule has 0 saturated heterocycles. The Morgan fingerprint density at radius 1 is 0.889 bits per heavy atom. The Kier molecular flexibility index (Phi) is 6.51. The molecule has 0 spiro atoms. The van der Waals surface area contributed by atoms with E-state index in [4.69, 9.17) is 13.9 Å². The lowest BCUT2D eigenvalue weighted by atomic mass is 9.97. The average molecular weight is 484 g/mol. The van der Waals surface area contributed by atoms with Gasteiger partial charge in [0.2, 0.25) is 5.76 Å². The van der Waals surface area contributed by atoms with Crippen LogP contribution >= 0.6 is 0 Å². The Hall–Kier alpha value is -4.06. The highest BCUT2D eigenvalue weighted by molar-refractivity contribution is 5.99. The van der Waals surface area contributed by atoms with Crippen LogP contribution in [0.1, 0.15) is 52.7 Å². The summed E-state index contributed by atoms with van der Waals surface area (Å²) in [5.74, 6) is 1.05. The summed E-state index contributed by atoms with van der Waals surface area (Å²) in [5.41, 5.74) is 3.46. The van der Waals surface area contributed by atoms with Gasteiger partial charge in [-0.15, -0.1) is 0 Å². The molecule has 0 bridgehead atoms. The summed E-state index contributed by atoms with van der Waals surface area (Å²) in [6, 6.07) is 20.5. The highest BCUT2D eigenvalue weighted by Gasteiger charge is 2.42. The Labute approximate surface area is 210 Å². The molecule has 0 fully saturated rings. The zero-order valence-electron chi connectivity index (χ0n) is 20.7. The van der Waals surface area contributed by atoms with Gasteiger partial charge in [0.1, 0.15) is 5.58 Å². The van der Waals surface area contributed by atoms with Gasteiger partial charge < -0.3 is 18.8 Å². The van der Waals surface area contributed by atoms with Crippen LogP contribution in [0.3, 0.4) is 0 Å². The van der Waals surface area contributed by atoms with Crippen molar-refractivity contribution < 1.29 is 18.7 Å². The van der Waals surface area contributed by atoms with Crippen LogP contribution < -0.4 is 14.9 Å². The summed E-state index contributed by atoms with van der Waals surface area (Å²) >= 11 is 0. The van der Waals surface area contributed by atoms with Crippen molar-refractivity contribution >= 4 is 16.9 Å². The van der Waals surface area contributed by atoms with Crippen molar-refractivity contribution in [3.8, 4) is 11.5 Å². The van der Waals surface area contributed by atoms with Crippen molar-refractivity contribution in [2.24, 2.45) is 0 Å². The zero-order chi connectivity index (χ0) is 25.2. The summed E-state index contributed by atoms with van der Waals surface area (Å²) < 4.78 is 17.7. The number of aryl methyl sites for hydroxylation is 1. The highest BCUT2D eigenvalue weighted by Crippen LogP contribution is 2.41. The van der Waals surface area contributed by atoms with Crippen molar-refractivity contribution in [2.75, 3.05) is 19.8 Å². The fraction of sp³-hybridized carbons (Fsp3) is 0.267. The molecular formula is C30H29NO5. The van der Waals surface area contributed by atoms with Gasteiger partial charge in [-0.25, -0.2) is 0 Å². The van der Waals surface area contributed by atoms with Crippen LogP contribution in [0.15, 0.2) is 75.9 Å². The average Bonchev–Trinajstić information content (AvgIpc) is 3.17. The molecule has 6 nitrogen and oxygen atoms in total. The lowest BCUT2D eigenvalue weighted by molar-refractivity contribution is 0.0730. The molecule has 0 saturated carbocycles. The number of fused-ring (bicyclic) bond motifs is 2. The molecule has 1 unspecified atom stereocenters. The van der Waals surface area contributed by atoms with Gasteiger partial charge >= 0.3 is 0 Å². The summed E-state index contributed by atoms with van der Waals surface area (Å²) in [7, 11) is 0. The maximum absolute atomic E-state index is 13.8. The lowest BCUT2D eigenvalue weighted by Crippen LogP contribution is -2.31. The molecule has 1 atom stereocenters. The van der Waals surface area contributed by atoms with Crippen LogP contribution in [0.2, 0.25) is 0 Å². The fourth-order valence-electron chi connectivity index (χ4n) is 4.84. The van der Waals surface area contributed by atoms with Crippen molar-refractivity contribution in [1.29, 1.82) is 0 Å². The molecule has 0 radical (unpaired) electrons. The molecule has 0 N–H and O–H groups in total. The fourth-order valence-corrected chi connectivity index (χ4v) is 4.84. The van der Waals surface area contributed by atoms with E-state index >= 15 is 0 Å². The first-order valence-corrected chi connectivity index (χ1v) is 12.3. The number of ether oxygens (including phenoxy) is 2. The van der Waals surface area contributed by atoms with E-state index < -0.39 is 6.04 Å². The largest absolute Gasteiger partial charge is 0.490 e. The number of carbonyl (C=O) groups is 1. The van der Waals surface area contributed by atoms with Crippen LogP contribution in [-0.2, 0) is 6.42 Å². The molecule has 1 aliphatic rings. The third-order valence-electron chi connectivity index (χ3n) is 6.49. The van der Waals surface area contributed by atoms with E-state index in [-0.39, 0.29) is 17.1 Å². The van der Waals surface area contributed by atoms with Crippen molar-refractivity contribution in [3.05, 3.63) is 105 Å².